The fourth-order valence-corrected chi connectivity index (χ4v) is 1.18. The van der Waals surface area contributed by atoms with Crippen molar-refractivity contribution < 1.29 is 9.53 Å². The number of rotatable bonds is 3. The Labute approximate surface area is 84.1 Å². The fourth-order valence-electron chi connectivity index (χ4n) is 1.18. The van der Waals surface area contributed by atoms with Crippen molar-refractivity contribution in [2.24, 2.45) is 0 Å². The van der Waals surface area contributed by atoms with Gasteiger partial charge in [-0.1, -0.05) is 6.07 Å². The molecule has 0 radical (unpaired) electrons. The molecule has 0 fully saturated rings. The molecule has 0 atom stereocenters. The normalized spacial score (nSPS) is 9.64. The van der Waals surface area contributed by atoms with Gasteiger partial charge in [0.1, 0.15) is 5.75 Å². The number of methoxy groups -OCH3 is 1. The number of hydrogen-bond acceptors (Lipinski definition) is 2. The van der Waals surface area contributed by atoms with Gasteiger partial charge in [-0.05, 0) is 30.2 Å². The molecule has 0 aliphatic rings. The van der Waals surface area contributed by atoms with Crippen LogP contribution < -0.4 is 10.1 Å². The largest absolute Gasteiger partial charge is 0.497 e. The zero-order valence-electron chi connectivity index (χ0n) is 8.76. The molecule has 0 saturated heterocycles. The lowest BCUT2D eigenvalue weighted by molar-refractivity contribution is -0.119. The molecule has 1 N–H and O–H groups in total. The van der Waals surface area contributed by atoms with Crippen LogP contribution in [0.2, 0.25) is 0 Å². The van der Waals surface area contributed by atoms with Crippen molar-refractivity contribution >= 4 is 5.91 Å². The molecule has 3 nitrogen and oxygen atoms in total. The van der Waals surface area contributed by atoms with Crippen LogP contribution in [0.15, 0.2) is 18.2 Å². The molecule has 0 aromatic heterocycles. The molecule has 3 heteroatoms. The number of benzene rings is 1. The Kier molecular flexibility index (Phi) is 3.51. The summed E-state index contributed by atoms with van der Waals surface area (Å²) in [5.41, 5.74) is 2.24. The molecule has 0 heterocycles. The summed E-state index contributed by atoms with van der Waals surface area (Å²) >= 11 is 0. The number of carbonyl (C=O) groups is 1. The molecule has 76 valence electrons. The highest BCUT2D eigenvalue weighted by molar-refractivity contribution is 5.72. The molecule has 0 unspecified atom stereocenters. The summed E-state index contributed by atoms with van der Waals surface area (Å²) in [5.74, 6) is 0.795. The van der Waals surface area contributed by atoms with Crippen molar-refractivity contribution in [1.82, 2.24) is 5.32 Å². The Morgan fingerprint density at radius 3 is 2.79 bits per heavy atom. The minimum Gasteiger partial charge on any atom is -0.497 e. The van der Waals surface area contributed by atoms with E-state index in [9.17, 15) is 4.79 Å². The number of amides is 1. The van der Waals surface area contributed by atoms with Gasteiger partial charge in [-0.2, -0.15) is 0 Å². The summed E-state index contributed by atoms with van der Waals surface area (Å²) in [5, 5.41) is 2.76. The standard InChI is InChI=1S/C11H15NO2/c1-8-4-5-11(14-3)6-10(8)7-12-9(2)13/h4-6H,7H2,1-3H3,(H,12,13). The van der Waals surface area contributed by atoms with Crippen LogP contribution in [0.1, 0.15) is 18.1 Å². The van der Waals surface area contributed by atoms with Gasteiger partial charge in [0.05, 0.1) is 7.11 Å². The number of hydrogen-bond donors (Lipinski definition) is 1. The summed E-state index contributed by atoms with van der Waals surface area (Å²) in [6, 6.07) is 5.83. The first-order valence-corrected chi connectivity index (χ1v) is 4.51. The SMILES string of the molecule is COc1ccc(C)c(CNC(C)=O)c1. The summed E-state index contributed by atoms with van der Waals surface area (Å²) in [7, 11) is 1.63. The molecule has 0 bridgehead atoms. The molecule has 1 aromatic carbocycles. The summed E-state index contributed by atoms with van der Waals surface area (Å²) < 4.78 is 5.10. The Morgan fingerprint density at radius 2 is 2.21 bits per heavy atom. The van der Waals surface area contributed by atoms with E-state index in [0.29, 0.717) is 6.54 Å². The van der Waals surface area contributed by atoms with E-state index in [1.54, 1.807) is 7.11 Å². The van der Waals surface area contributed by atoms with Crippen molar-refractivity contribution in [3.05, 3.63) is 29.3 Å². The summed E-state index contributed by atoms with van der Waals surface area (Å²) in [6.07, 6.45) is 0. The molecule has 0 spiro atoms. The maximum Gasteiger partial charge on any atom is 0.217 e. The highest BCUT2D eigenvalue weighted by Crippen LogP contribution is 2.16. The zero-order chi connectivity index (χ0) is 10.6. The first-order chi connectivity index (χ1) is 6.63. The quantitative estimate of drug-likeness (QED) is 0.792. The molecule has 0 saturated carbocycles. The maximum atomic E-state index is 10.7. The van der Waals surface area contributed by atoms with Crippen molar-refractivity contribution in [3.8, 4) is 5.75 Å². The Bertz CT molecular complexity index is 334. The molecular weight excluding hydrogens is 178 g/mol. The predicted molar refractivity (Wildman–Crippen MR) is 55.3 cm³/mol. The van der Waals surface area contributed by atoms with Gasteiger partial charge < -0.3 is 10.1 Å². The van der Waals surface area contributed by atoms with Gasteiger partial charge in [-0.3, -0.25) is 4.79 Å². The zero-order valence-corrected chi connectivity index (χ0v) is 8.76. The predicted octanol–water partition coefficient (Wildman–Crippen LogP) is 1.64. The van der Waals surface area contributed by atoms with E-state index in [1.165, 1.54) is 6.92 Å². The van der Waals surface area contributed by atoms with Crippen molar-refractivity contribution in [3.63, 3.8) is 0 Å². The van der Waals surface area contributed by atoms with Crippen LogP contribution in [0, 0.1) is 6.92 Å². The van der Waals surface area contributed by atoms with Crippen LogP contribution in [0.4, 0.5) is 0 Å². The van der Waals surface area contributed by atoms with Crippen molar-refractivity contribution in [2.45, 2.75) is 20.4 Å². The molecule has 1 aromatic rings. The van der Waals surface area contributed by atoms with Crippen LogP contribution in [0.25, 0.3) is 0 Å². The third kappa shape index (κ3) is 2.76. The van der Waals surface area contributed by atoms with E-state index in [1.807, 2.05) is 25.1 Å². The van der Waals surface area contributed by atoms with Crippen LogP contribution >= 0.6 is 0 Å². The van der Waals surface area contributed by atoms with E-state index in [-0.39, 0.29) is 5.91 Å². The van der Waals surface area contributed by atoms with E-state index >= 15 is 0 Å². The number of carbonyl (C=O) groups excluding carboxylic acids is 1. The number of ether oxygens (including phenoxy) is 1. The van der Waals surface area contributed by atoms with Crippen LogP contribution in [-0.2, 0) is 11.3 Å². The van der Waals surface area contributed by atoms with Gasteiger partial charge in [-0.15, -0.1) is 0 Å². The first kappa shape index (κ1) is 10.6. The van der Waals surface area contributed by atoms with Crippen LogP contribution in [0.3, 0.4) is 0 Å². The highest BCUT2D eigenvalue weighted by Gasteiger charge is 2.01. The van der Waals surface area contributed by atoms with E-state index in [2.05, 4.69) is 5.32 Å². The monoisotopic (exact) mass is 193 g/mol. The molecule has 14 heavy (non-hydrogen) atoms. The second kappa shape index (κ2) is 4.65. The lowest BCUT2D eigenvalue weighted by Gasteiger charge is -2.08. The maximum absolute atomic E-state index is 10.7. The molecule has 1 amide bonds. The molecule has 1 rings (SSSR count). The van der Waals surface area contributed by atoms with Gasteiger partial charge in [-0.25, -0.2) is 0 Å². The summed E-state index contributed by atoms with van der Waals surface area (Å²) in [6.45, 7) is 4.07. The summed E-state index contributed by atoms with van der Waals surface area (Å²) in [4.78, 5) is 10.7. The van der Waals surface area contributed by atoms with Crippen LogP contribution in [-0.4, -0.2) is 13.0 Å². The smallest absolute Gasteiger partial charge is 0.217 e. The van der Waals surface area contributed by atoms with Crippen LogP contribution in [0.5, 0.6) is 5.75 Å². The molecular formula is C11H15NO2. The van der Waals surface area contributed by atoms with Gasteiger partial charge in [0, 0.05) is 13.5 Å². The minimum atomic E-state index is -0.0211. The topological polar surface area (TPSA) is 38.3 Å². The van der Waals surface area contributed by atoms with Gasteiger partial charge in [0.2, 0.25) is 5.91 Å². The molecule has 0 aliphatic heterocycles. The average molecular weight is 193 g/mol. The Hall–Kier alpha value is -1.51. The van der Waals surface area contributed by atoms with E-state index < -0.39 is 0 Å². The second-order valence-corrected chi connectivity index (χ2v) is 3.20. The van der Waals surface area contributed by atoms with Gasteiger partial charge in [0.15, 0.2) is 0 Å². The van der Waals surface area contributed by atoms with E-state index in [4.69, 9.17) is 4.74 Å². The average Bonchev–Trinajstić information content (AvgIpc) is 2.16. The lowest BCUT2D eigenvalue weighted by atomic mass is 10.1. The first-order valence-electron chi connectivity index (χ1n) is 4.51. The van der Waals surface area contributed by atoms with Crippen molar-refractivity contribution in [2.75, 3.05) is 7.11 Å². The highest BCUT2D eigenvalue weighted by atomic mass is 16.5. The van der Waals surface area contributed by atoms with Crippen molar-refractivity contribution in [1.29, 1.82) is 0 Å². The third-order valence-corrected chi connectivity index (χ3v) is 2.08. The lowest BCUT2D eigenvalue weighted by Crippen LogP contribution is -2.19. The fraction of sp³-hybridized carbons (Fsp3) is 0.364. The third-order valence-electron chi connectivity index (χ3n) is 2.08. The molecule has 0 aliphatic carbocycles. The Balaban J connectivity index is 2.78. The van der Waals surface area contributed by atoms with Gasteiger partial charge in [0.25, 0.3) is 0 Å². The van der Waals surface area contributed by atoms with Gasteiger partial charge >= 0.3 is 0 Å². The second-order valence-electron chi connectivity index (χ2n) is 3.20. The Morgan fingerprint density at radius 1 is 1.50 bits per heavy atom. The van der Waals surface area contributed by atoms with E-state index in [0.717, 1.165) is 16.9 Å². The number of nitrogens with one attached hydrogen (secondary N) is 1. The minimum absolute atomic E-state index is 0.0211. The number of aryl methyl sites for hydroxylation is 1.